The van der Waals surface area contributed by atoms with Crippen LogP contribution in [-0.4, -0.2) is 7.11 Å². The van der Waals surface area contributed by atoms with Gasteiger partial charge in [0.05, 0.1) is 7.11 Å². The summed E-state index contributed by atoms with van der Waals surface area (Å²) in [4.78, 5) is 0. The number of benzene rings is 1. The molecule has 0 radical (unpaired) electrons. The summed E-state index contributed by atoms with van der Waals surface area (Å²) in [5, 5.41) is 0. The van der Waals surface area contributed by atoms with Gasteiger partial charge in [0, 0.05) is 5.56 Å². The molecule has 0 amide bonds. The lowest BCUT2D eigenvalue weighted by molar-refractivity contribution is 0.300. The summed E-state index contributed by atoms with van der Waals surface area (Å²) in [7, 11) is 1.88. The molecule has 2 saturated carbocycles. The van der Waals surface area contributed by atoms with Crippen molar-refractivity contribution in [2.75, 3.05) is 7.11 Å². The molecule has 0 heterocycles. The molecule has 2 aliphatic carbocycles. The van der Waals surface area contributed by atoms with Crippen molar-refractivity contribution in [1.82, 2.24) is 0 Å². The lowest BCUT2D eigenvalue weighted by atomic mass is 9.72. The largest absolute Gasteiger partial charge is 0.496 e. The first-order valence-corrected chi connectivity index (χ1v) is 9.64. The number of rotatable bonds is 4. The summed E-state index contributed by atoms with van der Waals surface area (Å²) < 4.78 is 6.04. The summed E-state index contributed by atoms with van der Waals surface area (Å²) in [5.74, 6) is 2.71. The Morgan fingerprint density at radius 3 is 1.91 bits per heavy atom. The molecule has 3 rings (SSSR count). The van der Waals surface area contributed by atoms with Crippen molar-refractivity contribution in [3.8, 4) is 0 Å². The van der Waals surface area contributed by atoms with Gasteiger partial charge in [-0.05, 0) is 56.1 Å². The second kappa shape index (κ2) is 8.04. The fourth-order valence-corrected chi connectivity index (χ4v) is 4.72. The molecule has 0 bridgehead atoms. The highest BCUT2D eigenvalue weighted by Gasteiger charge is 2.29. The van der Waals surface area contributed by atoms with Crippen LogP contribution in [0.4, 0.5) is 0 Å². The minimum atomic E-state index is 0.752. The van der Waals surface area contributed by atoms with Crippen LogP contribution < -0.4 is 0 Å². The van der Waals surface area contributed by atoms with E-state index in [1.165, 1.54) is 81.1 Å². The molecule has 0 aromatic heterocycles. The molecule has 0 aliphatic heterocycles. The SMILES string of the molecule is COC(=C(C1CCCCC1)C1CCCCC1)c1cccc(C)c1. The van der Waals surface area contributed by atoms with Crippen molar-refractivity contribution in [1.29, 1.82) is 0 Å². The van der Waals surface area contributed by atoms with Crippen molar-refractivity contribution in [2.24, 2.45) is 11.8 Å². The number of aryl methyl sites for hydroxylation is 1. The second-order valence-electron chi connectivity index (χ2n) is 7.53. The van der Waals surface area contributed by atoms with Gasteiger partial charge < -0.3 is 4.74 Å². The Hall–Kier alpha value is -1.24. The molecule has 1 heteroatoms. The van der Waals surface area contributed by atoms with Gasteiger partial charge in [-0.25, -0.2) is 0 Å². The Bertz CT molecular complexity index is 511. The fourth-order valence-electron chi connectivity index (χ4n) is 4.72. The molecule has 2 aliphatic rings. The van der Waals surface area contributed by atoms with E-state index in [1.54, 1.807) is 5.57 Å². The van der Waals surface area contributed by atoms with E-state index in [4.69, 9.17) is 4.74 Å². The van der Waals surface area contributed by atoms with E-state index in [0.29, 0.717) is 0 Å². The van der Waals surface area contributed by atoms with Crippen LogP contribution in [0, 0.1) is 18.8 Å². The maximum absolute atomic E-state index is 6.04. The van der Waals surface area contributed by atoms with Crippen LogP contribution in [0.3, 0.4) is 0 Å². The van der Waals surface area contributed by atoms with Crippen LogP contribution >= 0.6 is 0 Å². The average Bonchev–Trinajstić information content (AvgIpc) is 2.61. The summed E-state index contributed by atoms with van der Waals surface area (Å²) in [6.45, 7) is 2.18. The van der Waals surface area contributed by atoms with E-state index in [9.17, 15) is 0 Å². The van der Waals surface area contributed by atoms with E-state index in [2.05, 4.69) is 31.2 Å². The van der Waals surface area contributed by atoms with Crippen LogP contribution in [0.15, 0.2) is 29.8 Å². The van der Waals surface area contributed by atoms with Gasteiger partial charge >= 0.3 is 0 Å². The van der Waals surface area contributed by atoms with Crippen molar-refractivity contribution < 1.29 is 4.74 Å². The number of ether oxygens (including phenoxy) is 1. The number of hydrogen-bond acceptors (Lipinski definition) is 1. The number of methoxy groups -OCH3 is 1. The molecule has 0 saturated heterocycles. The molecule has 0 atom stereocenters. The maximum atomic E-state index is 6.04. The van der Waals surface area contributed by atoms with Crippen LogP contribution in [-0.2, 0) is 4.74 Å². The minimum Gasteiger partial charge on any atom is -0.496 e. The van der Waals surface area contributed by atoms with Gasteiger partial charge in [0.1, 0.15) is 5.76 Å². The van der Waals surface area contributed by atoms with Crippen molar-refractivity contribution in [3.05, 3.63) is 41.0 Å². The zero-order valence-corrected chi connectivity index (χ0v) is 14.9. The summed E-state index contributed by atoms with van der Waals surface area (Å²) in [6.07, 6.45) is 13.9. The van der Waals surface area contributed by atoms with Crippen LogP contribution in [0.2, 0.25) is 0 Å². The summed E-state index contributed by atoms with van der Waals surface area (Å²) in [6, 6.07) is 8.88. The summed E-state index contributed by atoms with van der Waals surface area (Å²) >= 11 is 0. The molecule has 0 unspecified atom stereocenters. The topological polar surface area (TPSA) is 9.23 Å². The highest BCUT2D eigenvalue weighted by atomic mass is 16.5. The number of hydrogen-bond donors (Lipinski definition) is 0. The highest BCUT2D eigenvalue weighted by molar-refractivity contribution is 5.64. The Morgan fingerprint density at radius 2 is 1.43 bits per heavy atom. The molecular formula is C22H32O. The smallest absolute Gasteiger partial charge is 0.125 e. The molecule has 1 aromatic rings. The van der Waals surface area contributed by atoms with Crippen LogP contribution in [0.1, 0.15) is 75.3 Å². The standard InChI is InChI=1S/C22H32O/c1-17-10-9-15-20(16-17)22(23-2)21(18-11-5-3-6-12-18)19-13-7-4-8-14-19/h9-10,15-16,18-19H,3-8,11-14H2,1-2H3. The fraction of sp³-hybridized carbons (Fsp3) is 0.636. The van der Waals surface area contributed by atoms with Crippen LogP contribution in [0.25, 0.3) is 5.76 Å². The molecule has 23 heavy (non-hydrogen) atoms. The second-order valence-corrected chi connectivity index (χ2v) is 7.53. The van der Waals surface area contributed by atoms with Gasteiger partial charge in [0.25, 0.3) is 0 Å². The van der Waals surface area contributed by atoms with Gasteiger partial charge in [0.15, 0.2) is 0 Å². The molecule has 0 N–H and O–H groups in total. The Morgan fingerprint density at radius 1 is 0.870 bits per heavy atom. The van der Waals surface area contributed by atoms with E-state index in [-0.39, 0.29) is 0 Å². The predicted molar refractivity (Wildman–Crippen MR) is 98.3 cm³/mol. The highest BCUT2D eigenvalue weighted by Crippen LogP contribution is 2.43. The van der Waals surface area contributed by atoms with E-state index < -0.39 is 0 Å². The third-order valence-corrected chi connectivity index (χ3v) is 5.84. The van der Waals surface area contributed by atoms with Gasteiger partial charge in [-0.15, -0.1) is 0 Å². The summed E-state index contributed by atoms with van der Waals surface area (Å²) in [5.41, 5.74) is 4.28. The zero-order valence-electron chi connectivity index (χ0n) is 14.9. The first-order chi connectivity index (χ1) is 11.3. The van der Waals surface area contributed by atoms with Gasteiger partial charge in [0.2, 0.25) is 0 Å². The first-order valence-electron chi connectivity index (χ1n) is 9.64. The lowest BCUT2D eigenvalue weighted by Gasteiger charge is -2.34. The first kappa shape index (κ1) is 16.6. The van der Waals surface area contributed by atoms with E-state index in [0.717, 1.165) is 11.8 Å². The maximum Gasteiger partial charge on any atom is 0.125 e. The van der Waals surface area contributed by atoms with Gasteiger partial charge in [-0.1, -0.05) is 62.3 Å². The molecule has 0 spiro atoms. The van der Waals surface area contributed by atoms with E-state index >= 15 is 0 Å². The molecule has 126 valence electrons. The van der Waals surface area contributed by atoms with Gasteiger partial charge in [-0.3, -0.25) is 0 Å². The zero-order chi connectivity index (χ0) is 16.1. The average molecular weight is 312 g/mol. The third kappa shape index (κ3) is 4.00. The monoisotopic (exact) mass is 312 g/mol. The van der Waals surface area contributed by atoms with Crippen molar-refractivity contribution in [2.45, 2.75) is 71.1 Å². The Kier molecular flexibility index (Phi) is 5.80. The van der Waals surface area contributed by atoms with Crippen molar-refractivity contribution >= 4 is 5.76 Å². The lowest BCUT2D eigenvalue weighted by Crippen LogP contribution is -2.21. The molecular weight excluding hydrogens is 280 g/mol. The van der Waals surface area contributed by atoms with Gasteiger partial charge in [-0.2, -0.15) is 0 Å². The Labute approximate surface area is 142 Å². The Balaban J connectivity index is 2.01. The van der Waals surface area contributed by atoms with Crippen molar-refractivity contribution in [3.63, 3.8) is 0 Å². The normalized spacial score (nSPS) is 20.3. The van der Waals surface area contributed by atoms with E-state index in [1.807, 2.05) is 7.11 Å². The third-order valence-electron chi connectivity index (χ3n) is 5.84. The molecule has 1 nitrogen and oxygen atoms in total. The predicted octanol–water partition coefficient (Wildman–Crippen LogP) is 6.51. The number of allylic oxidation sites excluding steroid dienone is 1. The molecule has 1 aromatic carbocycles. The molecule has 2 fully saturated rings. The quantitative estimate of drug-likeness (QED) is 0.575. The minimum absolute atomic E-state index is 0.752. The van der Waals surface area contributed by atoms with Crippen LogP contribution in [0.5, 0.6) is 0 Å².